The van der Waals surface area contributed by atoms with Crippen LogP contribution in [0.15, 0.2) is 48.5 Å². The van der Waals surface area contributed by atoms with E-state index < -0.39 is 19.7 Å². The van der Waals surface area contributed by atoms with E-state index in [2.05, 4.69) is 33.0 Å². The van der Waals surface area contributed by atoms with Gasteiger partial charge in [0.15, 0.2) is 0 Å². The standard InChI is InChI=1S/C19H23F3NP/c1-13(2)24(14(3)4)18-11-10-15(19(20,21)22)12-17(18)23-16-8-6-5-7-9-16/h5-14,23H,1-4H3. The molecular weight excluding hydrogens is 330 g/mol. The first-order chi connectivity index (χ1) is 11.2. The lowest BCUT2D eigenvalue weighted by atomic mass is 10.2. The SMILES string of the molecule is CC(C)P(c1ccc(C(F)(F)F)cc1Nc1ccccc1)C(C)C. The molecule has 0 heterocycles. The van der Waals surface area contributed by atoms with Crippen molar-refractivity contribution >= 4 is 24.6 Å². The maximum atomic E-state index is 13.1. The third-order valence-electron chi connectivity index (χ3n) is 3.77. The fraction of sp³-hybridized carbons (Fsp3) is 0.368. The second-order valence-electron chi connectivity index (χ2n) is 6.32. The van der Waals surface area contributed by atoms with Crippen molar-refractivity contribution in [2.75, 3.05) is 5.32 Å². The molecule has 0 aliphatic rings. The lowest BCUT2D eigenvalue weighted by Crippen LogP contribution is -2.19. The highest BCUT2D eigenvalue weighted by Gasteiger charge is 2.32. The molecule has 0 spiro atoms. The first kappa shape index (κ1) is 18.8. The van der Waals surface area contributed by atoms with Crippen LogP contribution in [0, 0.1) is 0 Å². The Morgan fingerprint density at radius 3 is 1.96 bits per heavy atom. The molecule has 0 radical (unpaired) electrons. The van der Waals surface area contributed by atoms with Crippen molar-refractivity contribution in [3.63, 3.8) is 0 Å². The van der Waals surface area contributed by atoms with Crippen LogP contribution in [0.5, 0.6) is 0 Å². The Hall–Kier alpha value is -1.54. The number of hydrogen-bond donors (Lipinski definition) is 1. The van der Waals surface area contributed by atoms with Crippen LogP contribution in [-0.4, -0.2) is 11.3 Å². The molecule has 0 amide bonds. The molecule has 1 nitrogen and oxygen atoms in total. The summed E-state index contributed by atoms with van der Waals surface area (Å²) < 4.78 is 39.4. The minimum Gasteiger partial charge on any atom is -0.355 e. The summed E-state index contributed by atoms with van der Waals surface area (Å²) in [5, 5.41) is 4.18. The fourth-order valence-corrected chi connectivity index (χ4v) is 5.82. The molecule has 0 atom stereocenters. The second-order valence-corrected chi connectivity index (χ2v) is 9.68. The number of nitrogens with one attached hydrogen (secondary N) is 1. The van der Waals surface area contributed by atoms with Crippen LogP contribution in [-0.2, 0) is 6.18 Å². The van der Waals surface area contributed by atoms with Gasteiger partial charge in [0.25, 0.3) is 0 Å². The minimum absolute atomic E-state index is 0.396. The zero-order chi connectivity index (χ0) is 17.9. The van der Waals surface area contributed by atoms with E-state index in [0.29, 0.717) is 17.0 Å². The van der Waals surface area contributed by atoms with Gasteiger partial charge in [-0.25, -0.2) is 0 Å². The van der Waals surface area contributed by atoms with Crippen molar-refractivity contribution in [3.05, 3.63) is 54.1 Å². The Balaban J connectivity index is 2.53. The molecule has 2 aromatic rings. The molecule has 1 N–H and O–H groups in total. The van der Waals surface area contributed by atoms with Gasteiger partial charge in [-0.05, 0) is 40.9 Å². The number of alkyl halides is 3. The summed E-state index contributed by atoms with van der Waals surface area (Å²) in [6.45, 7) is 8.54. The monoisotopic (exact) mass is 353 g/mol. The summed E-state index contributed by atoms with van der Waals surface area (Å²) in [5.41, 5.74) is 1.53. The predicted molar refractivity (Wildman–Crippen MR) is 98.0 cm³/mol. The number of benzene rings is 2. The number of para-hydroxylation sites is 1. The van der Waals surface area contributed by atoms with E-state index in [1.807, 2.05) is 30.3 Å². The second kappa shape index (κ2) is 7.57. The maximum Gasteiger partial charge on any atom is 0.416 e. The van der Waals surface area contributed by atoms with Crippen LogP contribution in [0.1, 0.15) is 33.3 Å². The topological polar surface area (TPSA) is 12.0 Å². The molecule has 2 rings (SSSR count). The average molecular weight is 353 g/mol. The van der Waals surface area contributed by atoms with Crippen molar-refractivity contribution in [2.45, 2.75) is 45.2 Å². The van der Waals surface area contributed by atoms with Crippen molar-refractivity contribution in [1.82, 2.24) is 0 Å². The van der Waals surface area contributed by atoms with Gasteiger partial charge in [0.2, 0.25) is 0 Å². The molecule has 0 aromatic heterocycles. The van der Waals surface area contributed by atoms with Gasteiger partial charge in [-0.15, -0.1) is 0 Å². The predicted octanol–water partition coefficient (Wildman–Crippen LogP) is 6.37. The van der Waals surface area contributed by atoms with E-state index in [0.717, 1.165) is 11.0 Å². The summed E-state index contributed by atoms with van der Waals surface area (Å²) in [6.07, 6.45) is -4.34. The van der Waals surface area contributed by atoms with Crippen molar-refractivity contribution in [1.29, 1.82) is 0 Å². The van der Waals surface area contributed by atoms with Crippen LogP contribution in [0.3, 0.4) is 0 Å². The number of rotatable bonds is 5. The Morgan fingerprint density at radius 1 is 0.875 bits per heavy atom. The van der Waals surface area contributed by atoms with Gasteiger partial charge in [-0.3, -0.25) is 0 Å². The van der Waals surface area contributed by atoms with Crippen LogP contribution >= 0.6 is 7.92 Å². The molecule has 0 saturated heterocycles. The Kier molecular flexibility index (Phi) is 5.92. The molecule has 5 heteroatoms. The maximum absolute atomic E-state index is 13.1. The first-order valence-corrected chi connectivity index (χ1v) is 9.50. The van der Waals surface area contributed by atoms with Gasteiger partial charge in [-0.2, -0.15) is 13.2 Å². The number of anilines is 2. The van der Waals surface area contributed by atoms with Crippen molar-refractivity contribution in [2.24, 2.45) is 0 Å². The molecule has 0 bridgehead atoms. The molecule has 0 saturated carbocycles. The largest absolute Gasteiger partial charge is 0.416 e. The van der Waals surface area contributed by atoms with Crippen LogP contribution in [0.25, 0.3) is 0 Å². The lowest BCUT2D eigenvalue weighted by Gasteiger charge is -2.29. The molecule has 2 aromatic carbocycles. The minimum atomic E-state index is -4.34. The quantitative estimate of drug-likeness (QED) is 0.616. The zero-order valence-corrected chi connectivity index (χ0v) is 15.2. The average Bonchev–Trinajstić information content (AvgIpc) is 2.48. The molecular formula is C19H23F3NP. The van der Waals surface area contributed by atoms with Gasteiger partial charge in [0, 0.05) is 11.4 Å². The lowest BCUT2D eigenvalue weighted by molar-refractivity contribution is -0.137. The Morgan fingerprint density at radius 2 is 1.46 bits per heavy atom. The van der Waals surface area contributed by atoms with E-state index in [1.165, 1.54) is 12.1 Å². The number of hydrogen-bond acceptors (Lipinski definition) is 1. The smallest absolute Gasteiger partial charge is 0.355 e. The van der Waals surface area contributed by atoms with Crippen molar-refractivity contribution < 1.29 is 13.2 Å². The fourth-order valence-electron chi connectivity index (χ4n) is 2.87. The summed E-state index contributed by atoms with van der Waals surface area (Å²) >= 11 is 0. The summed E-state index contributed by atoms with van der Waals surface area (Å²) in [4.78, 5) is 0. The molecule has 0 fully saturated rings. The normalized spacial score (nSPS) is 12.2. The van der Waals surface area contributed by atoms with Crippen molar-refractivity contribution in [3.8, 4) is 0 Å². The van der Waals surface area contributed by atoms with E-state index >= 15 is 0 Å². The summed E-state index contributed by atoms with van der Waals surface area (Å²) in [7, 11) is -0.569. The van der Waals surface area contributed by atoms with E-state index in [4.69, 9.17) is 0 Å². The Labute approximate surface area is 143 Å². The van der Waals surface area contributed by atoms with Gasteiger partial charge < -0.3 is 5.32 Å². The van der Waals surface area contributed by atoms with Crippen LogP contribution < -0.4 is 10.6 Å². The van der Waals surface area contributed by atoms with Gasteiger partial charge in [-0.1, -0.05) is 59.9 Å². The van der Waals surface area contributed by atoms with Gasteiger partial charge >= 0.3 is 6.18 Å². The molecule has 24 heavy (non-hydrogen) atoms. The zero-order valence-electron chi connectivity index (χ0n) is 14.4. The van der Waals surface area contributed by atoms with Crippen LogP contribution in [0.2, 0.25) is 0 Å². The van der Waals surface area contributed by atoms with E-state index in [-0.39, 0.29) is 0 Å². The highest BCUT2D eigenvalue weighted by molar-refractivity contribution is 7.67. The van der Waals surface area contributed by atoms with Crippen LogP contribution in [0.4, 0.5) is 24.5 Å². The molecule has 130 valence electrons. The van der Waals surface area contributed by atoms with Gasteiger partial charge in [0.1, 0.15) is 0 Å². The highest BCUT2D eigenvalue weighted by Crippen LogP contribution is 2.47. The van der Waals surface area contributed by atoms with E-state index in [1.54, 1.807) is 6.07 Å². The highest BCUT2D eigenvalue weighted by atomic mass is 31.1. The third-order valence-corrected chi connectivity index (χ3v) is 6.94. The Bertz CT molecular complexity index is 658. The number of halogens is 3. The molecule has 0 unspecified atom stereocenters. The van der Waals surface area contributed by atoms with E-state index in [9.17, 15) is 13.2 Å². The molecule has 0 aliphatic heterocycles. The first-order valence-electron chi connectivity index (χ1n) is 8.02. The molecule has 0 aliphatic carbocycles. The third kappa shape index (κ3) is 4.51. The summed E-state index contributed by atoms with van der Waals surface area (Å²) in [6, 6.07) is 13.4. The van der Waals surface area contributed by atoms with Gasteiger partial charge in [0.05, 0.1) is 5.56 Å². The summed E-state index contributed by atoms with van der Waals surface area (Å²) in [5.74, 6) is 0.